The zero-order chi connectivity index (χ0) is 45.1. The van der Waals surface area contributed by atoms with E-state index in [9.17, 15) is 0 Å². The lowest BCUT2D eigenvalue weighted by atomic mass is 9.66. The molecule has 0 atom stereocenters. The van der Waals surface area contributed by atoms with Crippen molar-refractivity contribution in [2.45, 2.75) is 25.2 Å². The molecule has 1 spiro atoms. The Morgan fingerprint density at radius 3 is 1.60 bits per heavy atom. The Morgan fingerprint density at radius 2 is 0.896 bits per heavy atom. The molecule has 67 heavy (non-hydrogen) atoms. The van der Waals surface area contributed by atoms with Gasteiger partial charge in [0.2, 0.25) is 0 Å². The molecule has 0 radical (unpaired) electrons. The molecular formula is C64H48N2O. The van der Waals surface area contributed by atoms with Gasteiger partial charge in [-0.2, -0.15) is 0 Å². The molecule has 0 aromatic heterocycles. The molecular weight excluding hydrogens is 813 g/mol. The number of nitrogens with zero attached hydrogens (tertiary/aromatic N) is 1. The van der Waals surface area contributed by atoms with Crippen molar-refractivity contribution in [3.8, 4) is 67.1 Å². The SMILES string of the molecule is CC(C)c1ccc(-c2ccc3c(c2)C2(c4ccccc4Oc4ccccc42)c2ccccc2-3)cc1-c1cc(N(c2ccc(-c3ccccc3)cc2)c2ccccc2-c2ccccc2)ccc1N. The van der Waals surface area contributed by atoms with Crippen LogP contribution in [0.2, 0.25) is 0 Å². The molecule has 2 aliphatic rings. The van der Waals surface area contributed by atoms with Crippen LogP contribution < -0.4 is 15.4 Å². The second kappa shape index (κ2) is 16.2. The predicted molar refractivity (Wildman–Crippen MR) is 279 cm³/mol. The third kappa shape index (κ3) is 6.57. The highest BCUT2D eigenvalue weighted by atomic mass is 16.5. The first kappa shape index (κ1) is 40.1. The summed E-state index contributed by atoms with van der Waals surface area (Å²) in [6.45, 7) is 4.54. The molecule has 2 N–H and O–H groups in total. The van der Waals surface area contributed by atoms with Gasteiger partial charge in [-0.25, -0.2) is 0 Å². The number of hydrogen-bond acceptors (Lipinski definition) is 3. The summed E-state index contributed by atoms with van der Waals surface area (Å²) in [5, 5.41) is 0. The van der Waals surface area contributed by atoms with Crippen LogP contribution in [0.15, 0.2) is 237 Å². The van der Waals surface area contributed by atoms with Crippen molar-refractivity contribution >= 4 is 22.7 Å². The van der Waals surface area contributed by atoms with Crippen LogP contribution in [0.1, 0.15) is 47.6 Å². The van der Waals surface area contributed by atoms with Crippen LogP contribution >= 0.6 is 0 Å². The monoisotopic (exact) mass is 860 g/mol. The summed E-state index contributed by atoms with van der Waals surface area (Å²) >= 11 is 0. The number of hydrogen-bond donors (Lipinski definition) is 1. The van der Waals surface area contributed by atoms with Gasteiger partial charge in [0.1, 0.15) is 11.5 Å². The summed E-state index contributed by atoms with van der Waals surface area (Å²) in [5.74, 6) is 2.03. The highest BCUT2D eigenvalue weighted by Crippen LogP contribution is 2.62. The maximum atomic E-state index is 7.14. The van der Waals surface area contributed by atoms with Crippen molar-refractivity contribution in [1.82, 2.24) is 0 Å². The number of ether oxygens (including phenoxy) is 1. The number of benzene rings is 10. The second-order valence-corrected chi connectivity index (χ2v) is 18.0. The zero-order valence-corrected chi connectivity index (χ0v) is 37.5. The topological polar surface area (TPSA) is 38.5 Å². The van der Waals surface area contributed by atoms with Crippen molar-refractivity contribution < 1.29 is 4.74 Å². The smallest absolute Gasteiger partial charge is 0.132 e. The van der Waals surface area contributed by atoms with Crippen molar-refractivity contribution in [3.63, 3.8) is 0 Å². The van der Waals surface area contributed by atoms with E-state index in [1.165, 1.54) is 38.9 Å². The Bertz CT molecular complexity index is 3440. The number of rotatable bonds is 8. The molecule has 0 saturated carbocycles. The summed E-state index contributed by atoms with van der Waals surface area (Å²) in [6.07, 6.45) is 0. The maximum Gasteiger partial charge on any atom is 0.132 e. The third-order valence-corrected chi connectivity index (χ3v) is 13.9. The Hall–Kier alpha value is -8.40. The van der Waals surface area contributed by atoms with Gasteiger partial charge in [-0.05, 0) is 128 Å². The molecule has 3 nitrogen and oxygen atoms in total. The van der Waals surface area contributed by atoms with Gasteiger partial charge < -0.3 is 15.4 Å². The number of nitrogen functional groups attached to an aromatic ring is 1. The standard InChI is InChI=1S/C64H48N2O/c1-42(2)50-36-31-46(47-32-37-53-52-22-9-11-23-56(52)64(59(53)40-47)57-24-12-15-27-62(57)67-63-28-16-13-25-58(63)64)39-54(50)55-41-49(35-38-60(55)65)66(48-33-29-44(30-34-48)43-17-5-3-6-18-43)61-26-14-10-21-51(61)45-19-7-4-8-20-45/h3-42H,65H2,1-2H3. The van der Waals surface area contributed by atoms with Gasteiger partial charge in [0, 0.05) is 39.3 Å². The highest BCUT2D eigenvalue weighted by Gasteiger charge is 2.51. The first-order chi connectivity index (χ1) is 33.0. The van der Waals surface area contributed by atoms with Gasteiger partial charge in [0.05, 0.1) is 11.1 Å². The number of fused-ring (bicyclic) bond motifs is 9. The summed E-state index contributed by atoms with van der Waals surface area (Å²) in [4.78, 5) is 2.38. The van der Waals surface area contributed by atoms with Crippen LogP contribution in [-0.4, -0.2) is 0 Å². The first-order valence-electron chi connectivity index (χ1n) is 23.2. The van der Waals surface area contributed by atoms with E-state index in [1.807, 2.05) is 0 Å². The lowest BCUT2D eigenvalue weighted by molar-refractivity contribution is 0.436. The van der Waals surface area contributed by atoms with Gasteiger partial charge in [0.15, 0.2) is 0 Å². The predicted octanol–water partition coefficient (Wildman–Crippen LogP) is 17.0. The third-order valence-electron chi connectivity index (χ3n) is 13.9. The van der Waals surface area contributed by atoms with Gasteiger partial charge in [-0.3, -0.25) is 0 Å². The van der Waals surface area contributed by atoms with Crippen molar-refractivity contribution in [3.05, 3.63) is 264 Å². The summed E-state index contributed by atoms with van der Waals surface area (Å²) < 4.78 is 6.64. The maximum absolute atomic E-state index is 7.14. The van der Waals surface area contributed by atoms with Gasteiger partial charge in [-0.15, -0.1) is 0 Å². The lowest BCUT2D eigenvalue weighted by Crippen LogP contribution is -2.32. The highest BCUT2D eigenvalue weighted by molar-refractivity contribution is 5.94. The van der Waals surface area contributed by atoms with E-state index in [1.54, 1.807) is 0 Å². The minimum absolute atomic E-state index is 0.251. The van der Waals surface area contributed by atoms with E-state index in [4.69, 9.17) is 10.5 Å². The van der Waals surface area contributed by atoms with Gasteiger partial charge in [0.25, 0.3) is 0 Å². The van der Waals surface area contributed by atoms with Crippen LogP contribution in [0.5, 0.6) is 11.5 Å². The molecule has 10 aromatic carbocycles. The molecule has 1 heterocycles. The summed E-state index contributed by atoms with van der Waals surface area (Å²) in [5.41, 5.74) is 28.1. The fraction of sp³-hybridized carbons (Fsp3) is 0.0625. The average Bonchev–Trinajstić information content (AvgIpc) is 3.67. The van der Waals surface area contributed by atoms with Crippen LogP contribution in [0.3, 0.4) is 0 Å². The van der Waals surface area contributed by atoms with Crippen LogP contribution in [0.4, 0.5) is 22.7 Å². The molecule has 320 valence electrons. The largest absolute Gasteiger partial charge is 0.457 e. The lowest BCUT2D eigenvalue weighted by Gasteiger charge is -2.39. The van der Waals surface area contributed by atoms with E-state index in [-0.39, 0.29) is 5.92 Å². The molecule has 1 aliphatic carbocycles. The molecule has 3 heteroatoms. The van der Waals surface area contributed by atoms with Crippen LogP contribution in [0, 0.1) is 0 Å². The number of nitrogens with two attached hydrogens (primary N) is 1. The zero-order valence-electron chi connectivity index (χ0n) is 37.5. The van der Waals surface area contributed by atoms with E-state index in [0.29, 0.717) is 0 Å². The Kier molecular flexibility index (Phi) is 9.73. The molecule has 10 aromatic rings. The minimum atomic E-state index is -0.550. The van der Waals surface area contributed by atoms with Gasteiger partial charge in [-0.1, -0.05) is 190 Å². The molecule has 0 amide bonds. The van der Waals surface area contributed by atoms with E-state index < -0.39 is 5.41 Å². The Morgan fingerprint density at radius 1 is 0.373 bits per heavy atom. The van der Waals surface area contributed by atoms with E-state index in [2.05, 4.69) is 255 Å². The average molecular weight is 861 g/mol. The number of anilines is 4. The number of para-hydroxylation sites is 3. The fourth-order valence-electron chi connectivity index (χ4n) is 10.8. The van der Waals surface area contributed by atoms with E-state index >= 15 is 0 Å². The quantitative estimate of drug-likeness (QED) is 0.155. The van der Waals surface area contributed by atoms with Crippen LogP contribution in [-0.2, 0) is 5.41 Å². The van der Waals surface area contributed by atoms with Crippen molar-refractivity contribution in [2.75, 3.05) is 10.6 Å². The first-order valence-corrected chi connectivity index (χ1v) is 23.2. The minimum Gasteiger partial charge on any atom is -0.457 e. The Labute approximate surface area is 393 Å². The van der Waals surface area contributed by atoms with Crippen molar-refractivity contribution in [2.24, 2.45) is 0 Å². The van der Waals surface area contributed by atoms with E-state index in [0.717, 1.165) is 78.8 Å². The molecule has 12 rings (SSSR count). The van der Waals surface area contributed by atoms with Crippen molar-refractivity contribution in [1.29, 1.82) is 0 Å². The molecule has 0 unspecified atom stereocenters. The molecule has 0 saturated heterocycles. The Balaban J connectivity index is 1.03. The molecule has 0 fully saturated rings. The molecule has 0 bridgehead atoms. The van der Waals surface area contributed by atoms with Gasteiger partial charge >= 0.3 is 0 Å². The summed E-state index contributed by atoms with van der Waals surface area (Å²) in [6, 6.07) is 85.4. The normalized spacial score (nSPS) is 12.8. The molecule has 1 aliphatic heterocycles. The summed E-state index contributed by atoms with van der Waals surface area (Å²) in [7, 11) is 0. The van der Waals surface area contributed by atoms with Crippen LogP contribution in [0.25, 0.3) is 55.6 Å². The fourth-order valence-corrected chi connectivity index (χ4v) is 10.8. The second-order valence-electron chi connectivity index (χ2n) is 18.0.